The number of hydrogen-bond donors (Lipinski definition) is 1. The average molecular weight is 368 g/mol. The van der Waals surface area contributed by atoms with Gasteiger partial charge < -0.3 is 9.84 Å². The van der Waals surface area contributed by atoms with Crippen molar-refractivity contribution in [3.05, 3.63) is 30.3 Å². The molecule has 0 amide bonds. The molecule has 8 heteroatoms. The molecule has 7 nitrogen and oxygen atoms in total. The Bertz CT molecular complexity index is 724. The molecule has 2 heterocycles. The molecule has 0 spiro atoms. The first kappa shape index (κ1) is 18.2. The lowest BCUT2D eigenvalue weighted by Gasteiger charge is -2.25. The normalized spacial score (nSPS) is 27.3. The summed E-state index contributed by atoms with van der Waals surface area (Å²) in [5.74, 6) is -0.291. The van der Waals surface area contributed by atoms with Crippen molar-refractivity contribution in [1.29, 1.82) is 0 Å². The number of sulfonamides is 1. The molecule has 0 saturated carbocycles. The van der Waals surface area contributed by atoms with Gasteiger partial charge in [-0.25, -0.2) is 12.7 Å². The molecule has 2 aliphatic rings. The summed E-state index contributed by atoms with van der Waals surface area (Å²) in [4.78, 5) is 14.0. The lowest BCUT2D eigenvalue weighted by Crippen LogP contribution is -2.42. The third-order valence-electron chi connectivity index (χ3n) is 5.25. The molecule has 138 valence electrons. The van der Waals surface area contributed by atoms with E-state index in [0.29, 0.717) is 32.8 Å². The molecule has 1 aromatic rings. The van der Waals surface area contributed by atoms with Crippen LogP contribution in [0.1, 0.15) is 6.92 Å². The van der Waals surface area contributed by atoms with Crippen LogP contribution in [0, 0.1) is 11.3 Å². The molecule has 1 aromatic carbocycles. The number of likely N-dealkylation sites (tertiary alicyclic amines) is 1. The van der Waals surface area contributed by atoms with Crippen LogP contribution >= 0.6 is 0 Å². The van der Waals surface area contributed by atoms with Gasteiger partial charge in [0.2, 0.25) is 10.0 Å². The maximum Gasteiger partial charge on any atom is 0.312 e. The van der Waals surface area contributed by atoms with Crippen LogP contribution in [-0.2, 0) is 14.8 Å². The number of rotatable bonds is 7. The predicted octanol–water partition coefficient (Wildman–Crippen LogP) is 0.734. The first-order chi connectivity index (χ1) is 11.9. The number of benzene rings is 1. The summed E-state index contributed by atoms with van der Waals surface area (Å²) in [6.07, 6.45) is 0. The summed E-state index contributed by atoms with van der Waals surface area (Å²) < 4.78 is 31.2. The number of carboxylic acids is 1. The number of hydrogen-bond acceptors (Lipinski definition) is 5. The van der Waals surface area contributed by atoms with E-state index in [9.17, 15) is 18.3 Å². The Morgan fingerprint density at radius 3 is 2.60 bits per heavy atom. The van der Waals surface area contributed by atoms with Gasteiger partial charge in [-0.1, -0.05) is 18.2 Å². The van der Waals surface area contributed by atoms with E-state index < -0.39 is 21.4 Å². The minimum Gasteiger partial charge on any atom is -0.492 e. The van der Waals surface area contributed by atoms with Crippen molar-refractivity contribution in [1.82, 2.24) is 9.21 Å². The van der Waals surface area contributed by atoms with E-state index in [0.717, 1.165) is 5.75 Å². The fraction of sp³-hybridized carbons (Fsp3) is 0.588. The Morgan fingerprint density at radius 2 is 2.00 bits per heavy atom. The van der Waals surface area contributed by atoms with Gasteiger partial charge in [0.25, 0.3) is 0 Å². The predicted molar refractivity (Wildman–Crippen MR) is 93.0 cm³/mol. The van der Waals surface area contributed by atoms with Crippen molar-refractivity contribution < 1.29 is 23.1 Å². The molecule has 25 heavy (non-hydrogen) atoms. The number of aliphatic carboxylic acids is 1. The minimum atomic E-state index is -3.36. The van der Waals surface area contributed by atoms with Gasteiger partial charge in [0.1, 0.15) is 12.4 Å². The Morgan fingerprint density at radius 1 is 1.28 bits per heavy atom. The van der Waals surface area contributed by atoms with Gasteiger partial charge in [-0.15, -0.1) is 0 Å². The number of nitrogens with zero attached hydrogens (tertiary/aromatic N) is 2. The highest BCUT2D eigenvalue weighted by atomic mass is 32.2. The quantitative estimate of drug-likeness (QED) is 0.764. The lowest BCUT2D eigenvalue weighted by atomic mass is 9.81. The number of para-hydroxylation sites is 1. The first-order valence-corrected chi connectivity index (χ1v) is 10.1. The zero-order valence-electron chi connectivity index (χ0n) is 14.3. The average Bonchev–Trinajstić information content (AvgIpc) is 3.11. The van der Waals surface area contributed by atoms with Crippen molar-refractivity contribution in [2.45, 2.75) is 6.92 Å². The monoisotopic (exact) mass is 368 g/mol. The topological polar surface area (TPSA) is 87.2 Å². The van der Waals surface area contributed by atoms with E-state index >= 15 is 0 Å². The van der Waals surface area contributed by atoms with Crippen LogP contribution in [0.15, 0.2) is 30.3 Å². The molecule has 3 rings (SSSR count). The van der Waals surface area contributed by atoms with E-state index in [2.05, 4.69) is 4.90 Å². The molecule has 2 aliphatic heterocycles. The van der Waals surface area contributed by atoms with Gasteiger partial charge in [-0.3, -0.25) is 9.69 Å². The second-order valence-corrected chi connectivity index (χ2v) is 9.01. The minimum absolute atomic E-state index is 0.00402. The summed E-state index contributed by atoms with van der Waals surface area (Å²) in [5, 5.41) is 9.77. The molecular weight excluding hydrogens is 344 g/mol. The third-order valence-corrected chi connectivity index (χ3v) is 7.05. The second-order valence-electron chi connectivity index (χ2n) is 6.75. The number of ether oxygens (including phenoxy) is 1. The number of fused-ring (bicyclic) bond motifs is 1. The Balaban J connectivity index is 1.61. The molecule has 0 aliphatic carbocycles. The Kier molecular flexibility index (Phi) is 5.04. The summed E-state index contributed by atoms with van der Waals surface area (Å²) in [6.45, 7) is 3.99. The van der Waals surface area contributed by atoms with E-state index in [1.807, 2.05) is 30.3 Å². The van der Waals surface area contributed by atoms with Crippen molar-refractivity contribution >= 4 is 16.0 Å². The molecule has 2 fully saturated rings. The van der Waals surface area contributed by atoms with Crippen molar-refractivity contribution in [3.8, 4) is 5.75 Å². The summed E-state index contributed by atoms with van der Waals surface area (Å²) >= 11 is 0. The van der Waals surface area contributed by atoms with Crippen LogP contribution in [0.3, 0.4) is 0 Å². The maximum atomic E-state index is 12.1. The van der Waals surface area contributed by atoms with Crippen molar-refractivity contribution in [3.63, 3.8) is 0 Å². The van der Waals surface area contributed by atoms with Gasteiger partial charge in [0.05, 0.1) is 11.2 Å². The SMILES string of the molecule is CCS(=O)(=O)N1C[C@H]2CN(CCOc3ccccc3)C[C@@]2(C(=O)O)C1. The second kappa shape index (κ2) is 6.93. The van der Waals surface area contributed by atoms with Crippen LogP contribution < -0.4 is 4.74 Å². The first-order valence-electron chi connectivity index (χ1n) is 8.49. The largest absolute Gasteiger partial charge is 0.492 e. The van der Waals surface area contributed by atoms with Crippen LogP contribution in [0.25, 0.3) is 0 Å². The van der Waals surface area contributed by atoms with Crippen LogP contribution in [0.5, 0.6) is 5.75 Å². The zero-order valence-corrected chi connectivity index (χ0v) is 15.1. The molecule has 0 aromatic heterocycles. The van der Waals surface area contributed by atoms with Gasteiger partial charge in [0.15, 0.2) is 0 Å². The third kappa shape index (κ3) is 3.51. The summed E-state index contributed by atoms with van der Waals surface area (Å²) in [6, 6.07) is 9.48. The Labute approximate surface area is 148 Å². The van der Waals surface area contributed by atoms with Gasteiger partial charge >= 0.3 is 5.97 Å². The summed E-state index contributed by atoms with van der Waals surface area (Å²) in [5.41, 5.74) is -1.00. The zero-order chi connectivity index (χ0) is 18.1. The highest BCUT2D eigenvalue weighted by Gasteiger charge is 2.59. The number of carbonyl (C=O) groups is 1. The van der Waals surface area contributed by atoms with E-state index in [1.54, 1.807) is 6.92 Å². The molecule has 2 saturated heterocycles. The fourth-order valence-electron chi connectivity index (χ4n) is 3.80. The molecular formula is C17H24N2O5S. The maximum absolute atomic E-state index is 12.1. The molecule has 0 unspecified atom stereocenters. The van der Waals surface area contributed by atoms with Gasteiger partial charge in [0, 0.05) is 38.6 Å². The number of carboxylic acid groups (broad SMARTS) is 1. The van der Waals surface area contributed by atoms with Crippen LogP contribution in [-0.4, -0.2) is 73.8 Å². The Hall–Kier alpha value is -1.64. The fourth-order valence-corrected chi connectivity index (χ4v) is 5.00. The van der Waals surface area contributed by atoms with E-state index in [-0.39, 0.29) is 18.2 Å². The lowest BCUT2D eigenvalue weighted by molar-refractivity contribution is -0.148. The molecule has 1 N–H and O–H groups in total. The van der Waals surface area contributed by atoms with Crippen molar-refractivity contribution in [2.75, 3.05) is 45.1 Å². The smallest absolute Gasteiger partial charge is 0.312 e. The highest BCUT2D eigenvalue weighted by Crippen LogP contribution is 2.43. The summed E-state index contributed by atoms with van der Waals surface area (Å²) in [7, 11) is -3.36. The van der Waals surface area contributed by atoms with Crippen LogP contribution in [0.2, 0.25) is 0 Å². The van der Waals surface area contributed by atoms with Gasteiger partial charge in [-0.2, -0.15) is 0 Å². The molecule has 0 radical (unpaired) electrons. The van der Waals surface area contributed by atoms with Gasteiger partial charge in [-0.05, 0) is 19.1 Å². The van der Waals surface area contributed by atoms with Crippen molar-refractivity contribution in [2.24, 2.45) is 11.3 Å². The van der Waals surface area contributed by atoms with E-state index in [1.165, 1.54) is 4.31 Å². The van der Waals surface area contributed by atoms with E-state index in [4.69, 9.17) is 4.74 Å². The molecule has 2 atom stereocenters. The highest BCUT2D eigenvalue weighted by molar-refractivity contribution is 7.89. The molecule has 0 bridgehead atoms. The standard InChI is InChI=1S/C17H24N2O5S/c1-2-25(22,23)19-11-14-10-18(12-17(14,13-19)16(20)21)8-9-24-15-6-4-3-5-7-15/h3-7,14H,2,8-13H2,1H3,(H,20,21)/t14-,17-/m1/s1. The van der Waals surface area contributed by atoms with Crippen LogP contribution in [0.4, 0.5) is 0 Å².